The van der Waals surface area contributed by atoms with Gasteiger partial charge < -0.3 is 4.90 Å². The van der Waals surface area contributed by atoms with Crippen molar-refractivity contribution in [1.29, 1.82) is 0 Å². The van der Waals surface area contributed by atoms with E-state index in [1.807, 2.05) is 26.0 Å². The molecule has 0 radical (unpaired) electrons. The molecule has 1 aromatic carbocycles. The largest absolute Gasteiger partial charge is 0.338 e. The molecule has 6 nitrogen and oxygen atoms in total. The summed E-state index contributed by atoms with van der Waals surface area (Å²) >= 11 is 14.0. The van der Waals surface area contributed by atoms with Crippen LogP contribution >= 0.6 is 46.9 Å². The van der Waals surface area contributed by atoms with Gasteiger partial charge in [0.25, 0.3) is 0 Å². The van der Waals surface area contributed by atoms with E-state index in [0.717, 1.165) is 5.69 Å². The predicted octanol–water partition coefficient (Wildman–Crippen LogP) is 4.08. The van der Waals surface area contributed by atoms with Gasteiger partial charge in [-0.3, -0.25) is 4.79 Å². The number of rotatable bonds is 7. The van der Waals surface area contributed by atoms with Crippen LogP contribution in [-0.4, -0.2) is 58.9 Å². The molecule has 0 unspecified atom stereocenters. The number of carbonyl (C=O) groups is 1. The Balaban J connectivity index is 1.69. The van der Waals surface area contributed by atoms with Crippen LogP contribution in [0.5, 0.6) is 0 Å². The molecule has 2 aromatic rings. The van der Waals surface area contributed by atoms with Crippen molar-refractivity contribution in [1.82, 2.24) is 14.7 Å². The Hall–Kier alpha value is -0.940. The fourth-order valence-corrected chi connectivity index (χ4v) is 7.24. The molecule has 0 spiro atoms. The molecule has 0 bridgehead atoms. The first kappa shape index (κ1) is 22.7. The molecule has 11 heteroatoms. The minimum Gasteiger partial charge on any atom is -0.338 e. The zero-order valence-corrected chi connectivity index (χ0v) is 20.1. The van der Waals surface area contributed by atoms with Crippen molar-refractivity contribution in [3.8, 4) is 5.69 Å². The van der Waals surface area contributed by atoms with Gasteiger partial charge in [-0.2, -0.15) is 0 Å². The first-order chi connectivity index (χ1) is 13.6. The number of halogens is 1. The molecular formula is C18H22ClN3O3S4. The molecule has 1 atom stereocenters. The van der Waals surface area contributed by atoms with Crippen LogP contribution < -0.4 is 0 Å². The van der Waals surface area contributed by atoms with Crippen LogP contribution in [0.2, 0.25) is 5.02 Å². The highest BCUT2D eigenvalue weighted by Gasteiger charge is 2.34. The molecule has 29 heavy (non-hydrogen) atoms. The number of sulfone groups is 1. The van der Waals surface area contributed by atoms with Crippen molar-refractivity contribution in [2.45, 2.75) is 30.6 Å². The maximum Gasteiger partial charge on any atom is 0.233 e. The van der Waals surface area contributed by atoms with Crippen molar-refractivity contribution >= 4 is 62.7 Å². The first-order valence-electron chi connectivity index (χ1n) is 9.13. The van der Waals surface area contributed by atoms with E-state index in [2.05, 4.69) is 5.10 Å². The molecule has 1 amide bonds. The Morgan fingerprint density at radius 1 is 1.41 bits per heavy atom. The summed E-state index contributed by atoms with van der Waals surface area (Å²) in [6.45, 7) is 4.60. The highest BCUT2D eigenvalue weighted by molar-refractivity contribution is 8.01. The van der Waals surface area contributed by atoms with Crippen LogP contribution in [0.25, 0.3) is 5.69 Å². The third-order valence-corrected chi connectivity index (χ3v) is 8.80. The van der Waals surface area contributed by atoms with Crippen molar-refractivity contribution in [3.63, 3.8) is 0 Å². The summed E-state index contributed by atoms with van der Waals surface area (Å²) in [5.74, 6) is 0.606. The third-order valence-electron chi connectivity index (χ3n) is 4.45. The molecule has 0 aliphatic carbocycles. The standard InChI is InChI=1S/C18H22ClN3O3S4/c1-12(2)9-21(15-7-8-29(24,25)11-15)16(23)10-27-17-20-22(18(26)28-17)14-5-3-13(19)4-6-14/h3-6,12,15H,7-11H2,1-2H3/t15-/m0/s1. The summed E-state index contributed by atoms with van der Waals surface area (Å²) in [5, 5.41) is 5.14. The van der Waals surface area contributed by atoms with Gasteiger partial charge in [0.05, 0.1) is 22.9 Å². The highest BCUT2D eigenvalue weighted by atomic mass is 35.5. The van der Waals surface area contributed by atoms with E-state index < -0.39 is 9.84 Å². The quantitative estimate of drug-likeness (QED) is 0.429. The number of hydrogen-bond donors (Lipinski definition) is 0. The number of carbonyl (C=O) groups excluding carboxylic acids is 1. The Morgan fingerprint density at radius 3 is 2.69 bits per heavy atom. The minimum absolute atomic E-state index is 0.0558. The molecule has 0 saturated carbocycles. The van der Waals surface area contributed by atoms with E-state index in [-0.39, 0.29) is 35.1 Å². The van der Waals surface area contributed by atoms with E-state index >= 15 is 0 Å². The normalized spacial score (nSPS) is 18.3. The molecule has 1 aliphatic rings. The third kappa shape index (κ3) is 6.04. The number of nitrogens with zero attached hydrogens (tertiary/aromatic N) is 3. The summed E-state index contributed by atoms with van der Waals surface area (Å²) in [6.07, 6.45) is 0.510. The maximum atomic E-state index is 12.9. The lowest BCUT2D eigenvalue weighted by Crippen LogP contribution is -2.44. The molecular weight excluding hydrogens is 470 g/mol. The van der Waals surface area contributed by atoms with Gasteiger partial charge in [-0.05, 0) is 48.8 Å². The Labute approximate surface area is 189 Å². The first-order valence-corrected chi connectivity index (χ1v) is 13.5. The summed E-state index contributed by atoms with van der Waals surface area (Å²) in [5.41, 5.74) is 0.812. The van der Waals surface area contributed by atoms with Gasteiger partial charge in [-0.25, -0.2) is 13.1 Å². The Kier molecular flexibility index (Phi) is 7.42. The van der Waals surface area contributed by atoms with Crippen molar-refractivity contribution in [2.75, 3.05) is 23.8 Å². The van der Waals surface area contributed by atoms with Crippen LogP contribution in [0, 0.1) is 9.87 Å². The number of aromatic nitrogens is 2. The Morgan fingerprint density at radius 2 is 2.10 bits per heavy atom. The van der Waals surface area contributed by atoms with Crippen LogP contribution in [0.4, 0.5) is 0 Å². The molecule has 158 valence electrons. The minimum atomic E-state index is -3.05. The van der Waals surface area contributed by atoms with E-state index in [1.54, 1.807) is 21.7 Å². The molecule has 3 rings (SSSR count). The SMILES string of the molecule is CC(C)CN(C(=O)CSc1nn(-c2ccc(Cl)cc2)c(=S)s1)[C@H]1CCS(=O)(=O)C1. The predicted molar refractivity (Wildman–Crippen MR) is 122 cm³/mol. The van der Waals surface area contributed by atoms with Gasteiger partial charge in [-0.1, -0.05) is 48.5 Å². The van der Waals surface area contributed by atoms with Crippen LogP contribution in [0.3, 0.4) is 0 Å². The smallest absolute Gasteiger partial charge is 0.233 e. The second-order valence-electron chi connectivity index (χ2n) is 7.31. The highest BCUT2D eigenvalue weighted by Crippen LogP contribution is 2.26. The van der Waals surface area contributed by atoms with E-state index in [0.29, 0.717) is 26.3 Å². The van der Waals surface area contributed by atoms with Gasteiger partial charge in [0.15, 0.2) is 18.1 Å². The fraction of sp³-hybridized carbons (Fsp3) is 0.500. The average Bonchev–Trinajstić information content (AvgIpc) is 3.20. The second kappa shape index (κ2) is 9.47. The lowest BCUT2D eigenvalue weighted by Gasteiger charge is -2.29. The fourth-order valence-electron chi connectivity index (χ4n) is 3.14. The number of benzene rings is 1. The number of thioether (sulfide) groups is 1. The van der Waals surface area contributed by atoms with Gasteiger partial charge in [0.2, 0.25) is 5.91 Å². The van der Waals surface area contributed by atoms with Crippen LogP contribution in [0.15, 0.2) is 28.6 Å². The molecule has 1 aliphatic heterocycles. The molecule has 0 N–H and O–H groups in total. The molecule has 1 aromatic heterocycles. The summed E-state index contributed by atoms with van der Waals surface area (Å²) in [4.78, 5) is 14.6. The maximum absolute atomic E-state index is 12.9. The lowest BCUT2D eigenvalue weighted by molar-refractivity contribution is -0.130. The summed E-state index contributed by atoms with van der Waals surface area (Å²) in [7, 11) is -3.05. The Bertz CT molecular complexity index is 1030. The van der Waals surface area contributed by atoms with E-state index in [1.165, 1.54) is 23.1 Å². The topological polar surface area (TPSA) is 72.3 Å². The summed E-state index contributed by atoms with van der Waals surface area (Å²) < 4.78 is 26.6. The van der Waals surface area contributed by atoms with Crippen molar-refractivity contribution in [3.05, 3.63) is 33.2 Å². The average molecular weight is 492 g/mol. The van der Waals surface area contributed by atoms with Gasteiger partial charge >= 0.3 is 0 Å². The second-order valence-corrected chi connectivity index (χ2v) is 12.8. The van der Waals surface area contributed by atoms with E-state index in [4.69, 9.17) is 23.8 Å². The molecule has 2 heterocycles. The summed E-state index contributed by atoms with van der Waals surface area (Å²) in [6, 6.07) is 6.98. The van der Waals surface area contributed by atoms with E-state index in [9.17, 15) is 13.2 Å². The van der Waals surface area contributed by atoms with Gasteiger partial charge in [-0.15, -0.1) is 5.10 Å². The molecule has 1 fully saturated rings. The van der Waals surface area contributed by atoms with Gasteiger partial charge in [0, 0.05) is 17.6 Å². The lowest BCUT2D eigenvalue weighted by atomic mass is 10.1. The van der Waals surface area contributed by atoms with Crippen LogP contribution in [-0.2, 0) is 14.6 Å². The zero-order valence-electron chi connectivity index (χ0n) is 16.1. The molecule has 1 saturated heterocycles. The van der Waals surface area contributed by atoms with Gasteiger partial charge in [0.1, 0.15) is 0 Å². The number of amides is 1. The number of hydrogen-bond acceptors (Lipinski definition) is 7. The monoisotopic (exact) mass is 491 g/mol. The zero-order chi connectivity index (χ0) is 21.2. The van der Waals surface area contributed by atoms with Crippen LogP contribution in [0.1, 0.15) is 20.3 Å². The van der Waals surface area contributed by atoms with Crippen molar-refractivity contribution in [2.24, 2.45) is 5.92 Å². The van der Waals surface area contributed by atoms with Crippen molar-refractivity contribution < 1.29 is 13.2 Å².